The first kappa shape index (κ1) is 12.6. The average Bonchev–Trinajstić information content (AvgIpc) is 2.62. The van der Waals surface area contributed by atoms with Crippen LogP contribution in [0.2, 0.25) is 0 Å². The zero-order chi connectivity index (χ0) is 12.3. The summed E-state index contributed by atoms with van der Waals surface area (Å²) in [6.45, 7) is 5.63. The molecule has 0 amide bonds. The molecule has 1 aliphatic carbocycles. The molecule has 96 valence electrons. The van der Waals surface area contributed by atoms with Gasteiger partial charge in [-0.3, -0.25) is 0 Å². The summed E-state index contributed by atoms with van der Waals surface area (Å²) in [7, 11) is 2.09. The number of hydrogen-bond acceptors (Lipinski definition) is 2. The third kappa shape index (κ3) is 3.09. The zero-order valence-electron chi connectivity index (χ0n) is 11.4. The van der Waals surface area contributed by atoms with Crippen LogP contribution in [0.15, 0.2) is 12.4 Å². The summed E-state index contributed by atoms with van der Waals surface area (Å²) in [5.41, 5.74) is 0.552. The highest BCUT2D eigenvalue weighted by atomic mass is 15.0. The van der Waals surface area contributed by atoms with E-state index >= 15 is 0 Å². The Morgan fingerprint density at radius 1 is 1.47 bits per heavy atom. The van der Waals surface area contributed by atoms with Crippen molar-refractivity contribution < 1.29 is 0 Å². The number of aromatic nitrogens is 2. The maximum Gasteiger partial charge on any atom is 0.108 e. The minimum Gasteiger partial charge on any atom is -0.338 e. The molecule has 1 fully saturated rings. The van der Waals surface area contributed by atoms with E-state index in [9.17, 15) is 0 Å². The minimum absolute atomic E-state index is 0.552. The van der Waals surface area contributed by atoms with Crippen molar-refractivity contribution in [3.8, 4) is 0 Å². The van der Waals surface area contributed by atoms with Gasteiger partial charge in [-0.15, -0.1) is 0 Å². The molecule has 0 spiro atoms. The van der Waals surface area contributed by atoms with Crippen molar-refractivity contribution in [3.05, 3.63) is 18.2 Å². The van der Waals surface area contributed by atoms with Gasteiger partial charge in [-0.25, -0.2) is 4.98 Å². The van der Waals surface area contributed by atoms with Gasteiger partial charge in [0, 0.05) is 38.4 Å². The molecular formula is C14H25N3. The highest BCUT2D eigenvalue weighted by molar-refractivity contribution is 4.96. The van der Waals surface area contributed by atoms with Crippen LogP contribution in [0.3, 0.4) is 0 Å². The van der Waals surface area contributed by atoms with Crippen LogP contribution >= 0.6 is 0 Å². The fourth-order valence-corrected chi connectivity index (χ4v) is 2.63. The van der Waals surface area contributed by atoms with Gasteiger partial charge in [0.05, 0.1) is 0 Å². The summed E-state index contributed by atoms with van der Waals surface area (Å²) >= 11 is 0. The second-order valence-electron chi connectivity index (χ2n) is 5.84. The molecule has 0 unspecified atom stereocenters. The smallest absolute Gasteiger partial charge is 0.108 e. The van der Waals surface area contributed by atoms with Crippen molar-refractivity contribution in [3.63, 3.8) is 0 Å². The Morgan fingerprint density at radius 3 is 2.71 bits per heavy atom. The van der Waals surface area contributed by atoms with E-state index in [1.54, 1.807) is 0 Å². The molecule has 2 rings (SSSR count). The van der Waals surface area contributed by atoms with E-state index < -0.39 is 0 Å². The SMILES string of the molecule is CC(C)NCC1(CCc2nccn2C)CCC1. The second kappa shape index (κ2) is 5.21. The van der Waals surface area contributed by atoms with Crippen LogP contribution in [0.5, 0.6) is 0 Å². The molecule has 1 aliphatic rings. The van der Waals surface area contributed by atoms with E-state index in [4.69, 9.17) is 0 Å². The summed E-state index contributed by atoms with van der Waals surface area (Å²) in [5, 5.41) is 3.61. The van der Waals surface area contributed by atoms with E-state index in [1.165, 1.54) is 38.1 Å². The Morgan fingerprint density at radius 2 is 2.24 bits per heavy atom. The van der Waals surface area contributed by atoms with E-state index in [2.05, 4.69) is 35.8 Å². The summed E-state index contributed by atoms with van der Waals surface area (Å²) < 4.78 is 2.14. The predicted octanol–water partition coefficient (Wildman–Crippen LogP) is 2.52. The molecule has 3 heteroatoms. The lowest BCUT2D eigenvalue weighted by Gasteiger charge is -2.43. The lowest BCUT2D eigenvalue weighted by molar-refractivity contribution is 0.113. The first-order valence-corrected chi connectivity index (χ1v) is 6.81. The number of nitrogens with zero attached hydrogens (tertiary/aromatic N) is 2. The number of hydrogen-bond donors (Lipinski definition) is 1. The second-order valence-corrected chi connectivity index (χ2v) is 5.84. The minimum atomic E-state index is 0.552. The van der Waals surface area contributed by atoms with Crippen molar-refractivity contribution in [1.82, 2.24) is 14.9 Å². The van der Waals surface area contributed by atoms with Gasteiger partial charge in [0.15, 0.2) is 0 Å². The standard InChI is InChI=1S/C14H25N3/c1-12(2)16-11-14(6-4-7-14)8-5-13-15-9-10-17(13)3/h9-10,12,16H,4-8,11H2,1-3H3. The van der Waals surface area contributed by atoms with Crippen LogP contribution in [-0.2, 0) is 13.5 Å². The first-order chi connectivity index (χ1) is 8.11. The maximum atomic E-state index is 4.42. The highest BCUT2D eigenvalue weighted by Gasteiger charge is 2.36. The van der Waals surface area contributed by atoms with E-state index in [0.717, 1.165) is 6.42 Å². The Balaban J connectivity index is 1.85. The normalized spacial score (nSPS) is 18.4. The van der Waals surface area contributed by atoms with Gasteiger partial charge in [-0.2, -0.15) is 0 Å². The molecule has 0 saturated heterocycles. The van der Waals surface area contributed by atoms with Gasteiger partial charge in [0.2, 0.25) is 0 Å². The molecule has 0 aliphatic heterocycles. The van der Waals surface area contributed by atoms with Gasteiger partial charge in [0.1, 0.15) is 5.82 Å². The van der Waals surface area contributed by atoms with Crippen molar-refractivity contribution in [1.29, 1.82) is 0 Å². The van der Waals surface area contributed by atoms with Gasteiger partial charge in [-0.05, 0) is 24.7 Å². The zero-order valence-corrected chi connectivity index (χ0v) is 11.4. The Labute approximate surface area is 105 Å². The molecule has 0 aromatic carbocycles. The number of nitrogens with one attached hydrogen (secondary N) is 1. The lowest BCUT2D eigenvalue weighted by Crippen LogP contribution is -2.42. The molecule has 1 N–H and O–H groups in total. The fraction of sp³-hybridized carbons (Fsp3) is 0.786. The van der Waals surface area contributed by atoms with E-state index in [1.807, 2.05) is 12.4 Å². The lowest BCUT2D eigenvalue weighted by atomic mass is 9.66. The number of imidazole rings is 1. The molecule has 0 bridgehead atoms. The van der Waals surface area contributed by atoms with Crippen LogP contribution in [-0.4, -0.2) is 22.1 Å². The molecule has 1 heterocycles. The van der Waals surface area contributed by atoms with Gasteiger partial charge < -0.3 is 9.88 Å². The molecular weight excluding hydrogens is 210 g/mol. The molecule has 3 nitrogen and oxygen atoms in total. The van der Waals surface area contributed by atoms with Crippen molar-refractivity contribution in [2.24, 2.45) is 12.5 Å². The highest BCUT2D eigenvalue weighted by Crippen LogP contribution is 2.44. The maximum absolute atomic E-state index is 4.42. The topological polar surface area (TPSA) is 29.9 Å². The number of aryl methyl sites for hydroxylation is 2. The average molecular weight is 235 g/mol. The van der Waals surface area contributed by atoms with Crippen LogP contribution in [0.25, 0.3) is 0 Å². The molecule has 0 atom stereocenters. The molecule has 0 radical (unpaired) electrons. The molecule has 17 heavy (non-hydrogen) atoms. The summed E-state index contributed by atoms with van der Waals surface area (Å²) in [5.74, 6) is 1.22. The third-order valence-electron chi connectivity index (χ3n) is 4.10. The summed E-state index contributed by atoms with van der Waals surface area (Å²) in [6.07, 6.45) is 10.5. The van der Waals surface area contributed by atoms with Crippen LogP contribution < -0.4 is 5.32 Å². The third-order valence-corrected chi connectivity index (χ3v) is 4.10. The quantitative estimate of drug-likeness (QED) is 0.821. The van der Waals surface area contributed by atoms with Crippen molar-refractivity contribution in [2.45, 2.75) is 52.0 Å². The van der Waals surface area contributed by atoms with Crippen LogP contribution in [0.1, 0.15) is 45.4 Å². The molecule has 1 aromatic rings. The Bertz CT molecular complexity index is 350. The Hall–Kier alpha value is -0.830. The van der Waals surface area contributed by atoms with Gasteiger partial charge in [-0.1, -0.05) is 20.3 Å². The van der Waals surface area contributed by atoms with Crippen molar-refractivity contribution >= 4 is 0 Å². The van der Waals surface area contributed by atoms with E-state index in [0.29, 0.717) is 11.5 Å². The van der Waals surface area contributed by atoms with Crippen molar-refractivity contribution in [2.75, 3.05) is 6.54 Å². The monoisotopic (exact) mass is 235 g/mol. The van der Waals surface area contributed by atoms with Crippen LogP contribution in [0, 0.1) is 5.41 Å². The molecule has 1 aromatic heterocycles. The number of rotatable bonds is 6. The van der Waals surface area contributed by atoms with Gasteiger partial charge >= 0.3 is 0 Å². The largest absolute Gasteiger partial charge is 0.338 e. The molecule has 1 saturated carbocycles. The Kier molecular flexibility index (Phi) is 3.87. The summed E-state index contributed by atoms with van der Waals surface area (Å²) in [6, 6.07) is 0.598. The van der Waals surface area contributed by atoms with Gasteiger partial charge in [0.25, 0.3) is 0 Å². The van der Waals surface area contributed by atoms with Crippen LogP contribution in [0.4, 0.5) is 0 Å². The van der Waals surface area contributed by atoms with E-state index in [-0.39, 0.29) is 0 Å². The first-order valence-electron chi connectivity index (χ1n) is 6.81. The summed E-state index contributed by atoms with van der Waals surface area (Å²) in [4.78, 5) is 4.42. The predicted molar refractivity (Wildman–Crippen MR) is 71.0 cm³/mol. The fourth-order valence-electron chi connectivity index (χ4n) is 2.63.